The molecule has 6 heteroatoms. The van der Waals surface area contributed by atoms with Crippen LogP contribution >= 0.6 is 23.4 Å². The molecule has 23 heavy (non-hydrogen) atoms. The zero-order chi connectivity index (χ0) is 16.8. The van der Waals surface area contributed by atoms with Crippen LogP contribution in [-0.4, -0.2) is 17.4 Å². The van der Waals surface area contributed by atoms with Crippen LogP contribution in [0.3, 0.4) is 0 Å². The van der Waals surface area contributed by atoms with Crippen LogP contribution < -0.4 is 5.32 Å². The monoisotopic (exact) mass is 344 g/mol. The number of hydrogen-bond acceptors (Lipinski definition) is 4. The maximum Gasteiger partial charge on any atom is 0.256 e. The van der Waals surface area contributed by atoms with E-state index in [9.17, 15) is 9.59 Å². The number of nitrogens with one attached hydrogen (secondary N) is 1. The first-order chi connectivity index (χ1) is 11.0. The molecular weight excluding hydrogens is 332 g/mol. The molecule has 0 aromatic heterocycles. The highest BCUT2D eigenvalue weighted by Crippen LogP contribution is 2.25. The summed E-state index contributed by atoms with van der Waals surface area (Å²) >= 11 is 7.28. The highest BCUT2D eigenvalue weighted by molar-refractivity contribution is 8.00. The molecule has 2 aromatic carbocycles. The van der Waals surface area contributed by atoms with Crippen LogP contribution in [0.4, 0.5) is 5.69 Å². The van der Waals surface area contributed by atoms with Crippen molar-refractivity contribution in [3.8, 4) is 6.07 Å². The second kappa shape index (κ2) is 7.82. The lowest BCUT2D eigenvalue weighted by atomic mass is 10.2. The van der Waals surface area contributed by atoms with Crippen molar-refractivity contribution in [1.29, 1.82) is 5.26 Å². The molecule has 0 unspecified atom stereocenters. The van der Waals surface area contributed by atoms with Gasteiger partial charge in [-0.2, -0.15) is 5.26 Å². The summed E-state index contributed by atoms with van der Waals surface area (Å²) in [5, 5.41) is 11.9. The highest BCUT2D eigenvalue weighted by atomic mass is 35.5. The smallest absolute Gasteiger partial charge is 0.256 e. The maximum absolute atomic E-state index is 12.4. The molecule has 4 nitrogen and oxygen atoms in total. The Hall–Kier alpha value is -2.29. The van der Waals surface area contributed by atoms with Gasteiger partial charge in [-0.05, 0) is 37.3 Å². The molecule has 0 atom stereocenters. The number of thioether (sulfide) groups is 1. The maximum atomic E-state index is 12.4. The number of hydrogen-bond donors (Lipinski definition) is 1. The number of anilines is 1. The molecule has 2 rings (SSSR count). The number of ketones is 1. The third kappa shape index (κ3) is 4.59. The van der Waals surface area contributed by atoms with Gasteiger partial charge >= 0.3 is 0 Å². The molecule has 1 N–H and O–H groups in total. The molecule has 0 heterocycles. The zero-order valence-electron chi connectivity index (χ0n) is 12.3. The van der Waals surface area contributed by atoms with Gasteiger partial charge < -0.3 is 5.32 Å². The van der Waals surface area contributed by atoms with E-state index < -0.39 is 0 Å². The first kappa shape index (κ1) is 17.1. The van der Waals surface area contributed by atoms with Gasteiger partial charge in [-0.1, -0.05) is 23.7 Å². The number of carbonyl (C=O) groups excluding carboxylic acids is 2. The lowest BCUT2D eigenvalue weighted by Crippen LogP contribution is -2.13. The fourth-order valence-electron chi connectivity index (χ4n) is 1.84. The van der Waals surface area contributed by atoms with Gasteiger partial charge in [0.2, 0.25) is 0 Å². The molecule has 0 aliphatic rings. The molecule has 1 amide bonds. The lowest BCUT2D eigenvalue weighted by molar-refractivity contribution is -0.114. The molecule has 2 aromatic rings. The fraction of sp³-hybridized carbons (Fsp3) is 0.118. The summed E-state index contributed by atoms with van der Waals surface area (Å²) in [6.07, 6.45) is 0. The lowest BCUT2D eigenvalue weighted by Gasteiger charge is -2.10. The van der Waals surface area contributed by atoms with Crippen molar-refractivity contribution in [2.24, 2.45) is 0 Å². The fourth-order valence-corrected chi connectivity index (χ4v) is 2.91. The van der Waals surface area contributed by atoms with Gasteiger partial charge in [0.1, 0.15) is 11.9 Å². The normalized spacial score (nSPS) is 9.96. The summed E-state index contributed by atoms with van der Waals surface area (Å²) in [5.74, 6) is 0.0639. The van der Waals surface area contributed by atoms with Gasteiger partial charge in [0.25, 0.3) is 5.91 Å². The second-order valence-electron chi connectivity index (χ2n) is 4.75. The Bertz CT molecular complexity index is 799. The largest absolute Gasteiger partial charge is 0.322 e. The summed E-state index contributed by atoms with van der Waals surface area (Å²) in [4.78, 5) is 24.3. The Kier molecular flexibility index (Phi) is 5.80. The Balaban J connectivity index is 2.19. The van der Waals surface area contributed by atoms with Crippen LogP contribution in [0.1, 0.15) is 22.8 Å². The number of halogens is 1. The number of nitrogens with zero attached hydrogens (tertiary/aromatic N) is 1. The average Bonchev–Trinajstić information content (AvgIpc) is 2.53. The van der Waals surface area contributed by atoms with E-state index in [1.165, 1.54) is 24.8 Å². The van der Waals surface area contributed by atoms with E-state index in [1.54, 1.807) is 30.3 Å². The van der Waals surface area contributed by atoms with Crippen molar-refractivity contribution in [2.75, 3.05) is 11.1 Å². The van der Waals surface area contributed by atoms with Gasteiger partial charge in [-0.15, -0.1) is 11.8 Å². The van der Waals surface area contributed by atoms with E-state index in [1.807, 2.05) is 12.1 Å². The molecule has 0 aliphatic heterocycles. The molecule has 0 spiro atoms. The molecule has 0 saturated carbocycles. The summed E-state index contributed by atoms with van der Waals surface area (Å²) in [6.45, 7) is 1.51. The number of amides is 1. The number of carbonyl (C=O) groups is 2. The van der Waals surface area contributed by atoms with Crippen LogP contribution in [0.25, 0.3) is 0 Å². The van der Waals surface area contributed by atoms with Crippen LogP contribution in [0.5, 0.6) is 0 Å². The zero-order valence-corrected chi connectivity index (χ0v) is 13.9. The predicted octanol–water partition coefficient (Wildman–Crippen LogP) is 4.15. The Morgan fingerprint density at radius 2 is 2.00 bits per heavy atom. The van der Waals surface area contributed by atoms with Crippen molar-refractivity contribution < 1.29 is 9.59 Å². The van der Waals surface area contributed by atoms with Crippen LogP contribution in [0, 0.1) is 11.3 Å². The van der Waals surface area contributed by atoms with E-state index in [-0.39, 0.29) is 16.7 Å². The predicted molar refractivity (Wildman–Crippen MR) is 92.0 cm³/mol. The van der Waals surface area contributed by atoms with Gasteiger partial charge in [0, 0.05) is 10.6 Å². The molecule has 116 valence electrons. The topological polar surface area (TPSA) is 70.0 Å². The Labute approximate surface area is 143 Å². The van der Waals surface area contributed by atoms with E-state index in [0.717, 1.165) is 4.90 Å². The Morgan fingerprint density at radius 1 is 1.26 bits per heavy atom. The van der Waals surface area contributed by atoms with E-state index in [2.05, 4.69) is 5.32 Å². The second-order valence-corrected chi connectivity index (χ2v) is 6.17. The van der Waals surface area contributed by atoms with Crippen LogP contribution in [0.15, 0.2) is 47.4 Å². The standard InChI is InChI=1S/C17H13ClN2O2S/c1-11(21)10-23-16-5-3-2-4-14(16)17(22)20-13-7-6-12(9-19)15(18)8-13/h2-8H,10H2,1H3,(H,20,22). The quantitative estimate of drug-likeness (QED) is 0.827. The molecular formula is C17H13ClN2O2S. The molecule has 0 bridgehead atoms. The van der Waals surface area contributed by atoms with Gasteiger partial charge in [0.05, 0.1) is 21.9 Å². The van der Waals surface area contributed by atoms with Crippen LogP contribution in [0.2, 0.25) is 5.02 Å². The number of Topliss-reactive ketones (excluding diaryl/α,β-unsaturated/α-hetero) is 1. The minimum Gasteiger partial charge on any atom is -0.322 e. The van der Waals surface area contributed by atoms with E-state index >= 15 is 0 Å². The Morgan fingerprint density at radius 3 is 2.65 bits per heavy atom. The minimum atomic E-state index is -0.294. The number of benzene rings is 2. The van der Waals surface area contributed by atoms with Gasteiger partial charge in [-0.3, -0.25) is 9.59 Å². The molecule has 0 fully saturated rings. The summed E-state index contributed by atoms with van der Waals surface area (Å²) < 4.78 is 0. The first-order valence-corrected chi connectivity index (χ1v) is 8.10. The first-order valence-electron chi connectivity index (χ1n) is 6.73. The number of rotatable bonds is 5. The summed E-state index contributed by atoms with van der Waals surface area (Å²) in [6, 6.07) is 13.7. The molecule has 0 aliphatic carbocycles. The summed E-state index contributed by atoms with van der Waals surface area (Å²) in [7, 11) is 0. The van der Waals surface area contributed by atoms with E-state index in [4.69, 9.17) is 16.9 Å². The van der Waals surface area contributed by atoms with Crippen molar-refractivity contribution in [2.45, 2.75) is 11.8 Å². The van der Waals surface area contributed by atoms with E-state index in [0.29, 0.717) is 22.6 Å². The highest BCUT2D eigenvalue weighted by Gasteiger charge is 2.13. The molecule has 0 saturated heterocycles. The van der Waals surface area contributed by atoms with Crippen molar-refractivity contribution in [1.82, 2.24) is 0 Å². The van der Waals surface area contributed by atoms with Crippen molar-refractivity contribution in [3.63, 3.8) is 0 Å². The summed E-state index contributed by atoms with van der Waals surface area (Å²) in [5.41, 5.74) is 1.34. The van der Waals surface area contributed by atoms with Gasteiger partial charge in [0.15, 0.2) is 0 Å². The van der Waals surface area contributed by atoms with Crippen LogP contribution in [-0.2, 0) is 4.79 Å². The third-order valence-electron chi connectivity index (χ3n) is 2.91. The third-order valence-corrected chi connectivity index (χ3v) is 4.44. The van der Waals surface area contributed by atoms with Gasteiger partial charge in [-0.25, -0.2) is 0 Å². The molecule has 0 radical (unpaired) electrons. The van der Waals surface area contributed by atoms with Crippen molar-refractivity contribution in [3.05, 3.63) is 58.6 Å². The minimum absolute atomic E-state index is 0.0454. The number of nitriles is 1. The SMILES string of the molecule is CC(=O)CSc1ccccc1C(=O)Nc1ccc(C#N)c(Cl)c1. The van der Waals surface area contributed by atoms with Crippen molar-refractivity contribution >= 4 is 40.7 Å². The average molecular weight is 345 g/mol.